The fraction of sp³-hybridized carbons (Fsp3) is 0.919. The van der Waals surface area contributed by atoms with Gasteiger partial charge in [0.15, 0.2) is 6.29 Å². The molecule has 0 bridgehead atoms. The van der Waals surface area contributed by atoms with Crippen LogP contribution in [-0.2, 0) is 14.3 Å². The van der Waals surface area contributed by atoms with Crippen LogP contribution >= 0.6 is 0 Å². The molecule has 1 aliphatic heterocycles. The molecule has 9 unspecified atom stereocenters. The molecule has 574 valence electrons. The van der Waals surface area contributed by atoms with Gasteiger partial charge in [0.05, 0.1) is 25.4 Å². The summed E-state index contributed by atoms with van der Waals surface area (Å²) in [5, 5.41) is 76.8. The highest BCUT2D eigenvalue weighted by Crippen LogP contribution is 2.25. The second-order valence-corrected chi connectivity index (χ2v) is 30.2. The minimum absolute atomic E-state index is 0.248. The number of aliphatic hydroxyl groups is 7. The molecule has 1 rings (SSSR count). The standard InChI is InChI=1S/C86H165NO10/c1-3-5-7-9-11-13-15-17-19-21-23-25-27-29-31-33-35-37-38-39-40-41-42-44-46-48-50-52-54-56-58-60-62-64-66-68-70-72-74-79(90)85(95)87-77(76-96-86-84(94)83(93)82(92)80(75-88)97-86)81(91)78(89)73-71-69-67-65-63-61-59-57-55-53-51-49-47-45-43-36-34-32-30-28-26-24-22-20-18-16-14-12-10-8-6-4-2/h39-40,57,59,65,67,77-84,86,88-94H,3-38,41-56,58,60-64,66,68-76H2,1-2H3,(H,87,95)/b40-39-,59-57+,67-65+. The molecule has 11 heteroatoms. The Labute approximate surface area is 600 Å². The van der Waals surface area contributed by atoms with Gasteiger partial charge in [-0.3, -0.25) is 4.79 Å². The fourth-order valence-corrected chi connectivity index (χ4v) is 14.1. The largest absolute Gasteiger partial charge is 0.394 e. The Morgan fingerprint density at radius 1 is 0.351 bits per heavy atom. The number of unbranched alkanes of at least 4 members (excludes halogenated alkanes) is 59. The van der Waals surface area contributed by atoms with E-state index in [0.717, 1.165) is 38.5 Å². The van der Waals surface area contributed by atoms with Gasteiger partial charge in [0.1, 0.15) is 36.6 Å². The molecule has 0 spiro atoms. The highest BCUT2D eigenvalue weighted by molar-refractivity contribution is 5.80. The number of ether oxygens (including phenoxy) is 2. The predicted molar refractivity (Wildman–Crippen MR) is 413 cm³/mol. The SMILES string of the molecule is CCCCCCCCCCCCCCCCCCCC/C=C\CCCCCCCCCCCCCCCCCCC(O)C(=O)NC(COC1OC(CO)C(O)C(O)C1O)C(O)C(O)CCC/C=C/CC/C=C/CCCCCCCCCCCCCCCCCCCCCCCCC. The van der Waals surface area contributed by atoms with Crippen molar-refractivity contribution >= 4 is 5.91 Å². The molecule has 0 saturated carbocycles. The first-order valence-electron chi connectivity index (χ1n) is 42.9. The number of allylic oxidation sites excluding steroid dienone is 6. The van der Waals surface area contributed by atoms with Crippen LogP contribution in [0.2, 0.25) is 0 Å². The number of hydrogen-bond acceptors (Lipinski definition) is 10. The smallest absolute Gasteiger partial charge is 0.249 e. The van der Waals surface area contributed by atoms with Gasteiger partial charge in [-0.2, -0.15) is 0 Å². The van der Waals surface area contributed by atoms with Crippen molar-refractivity contribution in [3.05, 3.63) is 36.5 Å². The van der Waals surface area contributed by atoms with Crippen molar-refractivity contribution in [1.29, 1.82) is 0 Å². The quantitative estimate of drug-likeness (QED) is 0.0215. The van der Waals surface area contributed by atoms with E-state index in [1.165, 1.54) is 353 Å². The third-order valence-corrected chi connectivity index (χ3v) is 20.9. The van der Waals surface area contributed by atoms with Crippen LogP contribution in [0, 0.1) is 0 Å². The number of nitrogens with one attached hydrogen (secondary N) is 1. The minimum Gasteiger partial charge on any atom is -0.394 e. The molecular formula is C86H165NO10. The Kier molecular flexibility index (Phi) is 71.3. The number of rotatable bonds is 77. The topological polar surface area (TPSA) is 189 Å². The van der Waals surface area contributed by atoms with E-state index in [-0.39, 0.29) is 12.8 Å². The van der Waals surface area contributed by atoms with E-state index >= 15 is 0 Å². The number of aliphatic hydroxyl groups excluding tert-OH is 7. The Morgan fingerprint density at radius 3 is 0.918 bits per heavy atom. The second-order valence-electron chi connectivity index (χ2n) is 30.2. The zero-order valence-electron chi connectivity index (χ0n) is 64.1. The molecule has 9 atom stereocenters. The summed E-state index contributed by atoms with van der Waals surface area (Å²) in [7, 11) is 0. The highest BCUT2D eigenvalue weighted by atomic mass is 16.7. The first-order valence-corrected chi connectivity index (χ1v) is 42.9. The molecule has 0 aromatic rings. The number of carbonyl (C=O) groups excluding carboxylic acids is 1. The Bertz CT molecular complexity index is 1680. The summed E-state index contributed by atoms with van der Waals surface area (Å²) in [5.41, 5.74) is 0. The van der Waals surface area contributed by atoms with E-state index in [4.69, 9.17) is 9.47 Å². The summed E-state index contributed by atoms with van der Waals surface area (Å²) in [6.45, 7) is 3.52. The van der Waals surface area contributed by atoms with Gasteiger partial charge >= 0.3 is 0 Å². The molecule has 1 fully saturated rings. The van der Waals surface area contributed by atoms with Crippen LogP contribution in [0.1, 0.15) is 438 Å². The third-order valence-electron chi connectivity index (χ3n) is 20.9. The Balaban J connectivity index is 2.12. The van der Waals surface area contributed by atoms with E-state index in [9.17, 15) is 40.5 Å². The maximum absolute atomic E-state index is 13.3. The maximum Gasteiger partial charge on any atom is 0.249 e. The van der Waals surface area contributed by atoms with Crippen molar-refractivity contribution in [2.24, 2.45) is 0 Å². The number of hydrogen-bond donors (Lipinski definition) is 8. The predicted octanol–water partition coefficient (Wildman–Crippen LogP) is 22.8. The van der Waals surface area contributed by atoms with Crippen molar-refractivity contribution in [1.82, 2.24) is 5.32 Å². The molecule has 11 nitrogen and oxygen atoms in total. The Hall–Kier alpha value is -1.67. The van der Waals surface area contributed by atoms with E-state index in [0.29, 0.717) is 19.3 Å². The molecule has 97 heavy (non-hydrogen) atoms. The van der Waals surface area contributed by atoms with Crippen molar-refractivity contribution in [3.8, 4) is 0 Å². The summed E-state index contributed by atoms with van der Waals surface area (Å²) < 4.78 is 11.2. The lowest BCUT2D eigenvalue weighted by Gasteiger charge is -2.40. The van der Waals surface area contributed by atoms with Gasteiger partial charge in [-0.1, -0.05) is 397 Å². The van der Waals surface area contributed by atoms with E-state index in [2.05, 4.69) is 55.6 Å². The van der Waals surface area contributed by atoms with Gasteiger partial charge in [0, 0.05) is 0 Å². The third kappa shape index (κ3) is 60.5. The molecule has 0 aromatic carbocycles. The zero-order chi connectivity index (χ0) is 70.2. The molecule has 0 aromatic heterocycles. The Morgan fingerprint density at radius 2 is 0.619 bits per heavy atom. The average molecular weight is 1370 g/mol. The van der Waals surface area contributed by atoms with Gasteiger partial charge in [0.25, 0.3) is 0 Å². The lowest BCUT2D eigenvalue weighted by molar-refractivity contribution is -0.303. The first-order chi connectivity index (χ1) is 47.7. The summed E-state index contributed by atoms with van der Waals surface area (Å²) in [6, 6.07) is -1.19. The van der Waals surface area contributed by atoms with Crippen molar-refractivity contribution < 1.29 is 50.0 Å². The first kappa shape index (κ1) is 93.3. The zero-order valence-corrected chi connectivity index (χ0v) is 64.1. The molecular weight excluding hydrogens is 1210 g/mol. The maximum atomic E-state index is 13.3. The highest BCUT2D eigenvalue weighted by Gasteiger charge is 2.44. The number of carbonyl (C=O) groups is 1. The minimum atomic E-state index is -1.67. The summed E-state index contributed by atoms with van der Waals surface area (Å²) in [4.78, 5) is 13.3. The molecule has 8 N–H and O–H groups in total. The van der Waals surface area contributed by atoms with Gasteiger partial charge in [-0.25, -0.2) is 0 Å². The molecule has 1 saturated heterocycles. The van der Waals surface area contributed by atoms with E-state index in [1.54, 1.807) is 0 Å². The van der Waals surface area contributed by atoms with Crippen LogP contribution in [0.4, 0.5) is 0 Å². The van der Waals surface area contributed by atoms with Gasteiger partial charge < -0.3 is 50.5 Å². The molecule has 1 heterocycles. The van der Waals surface area contributed by atoms with Crippen molar-refractivity contribution in [2.45, 2.75) is 493 Å². The van der Waals surface area contributed by atoms with Crippen LogP contribution in [0.3, 0.4) is 0 Å². The van der Waals surface area contributed by atoms with Crippen LogP contribution < -0.4 is 5.32 Å². The van der Waals surface area contributed by atoms with E-state index in [1.807, 2.05) is 0 Å². The molecule has 1 aliphatic rings. The van der Waals surface area contributed by atoms with Gasteiger partial charge in [-0.15, -0.1) is 0 Å². The van der Waals surface area contributed by atoms with Crippen LogP contribution in [0.5, 0.6) is 0 Å². The molecule has 1 amide bonds. The second kappa shape index (κ2) is 74.1. The summed E-state index contributed by atoms with van der Waals surface area (Å²) in [6.07, 6.45) is 87.3. The van der Waals surface area contributed by atoms with Crippen LogP contribution in [0.25, 0.3) is 0 Å². The summed E-state index contributed by atoms with van der Waals surface area (Å²) >= 11 is 0. The fourth-order valence-electron chi connectivity index (χ4n) is 14.1. The number of amides is 1. The van der Waals surface area contributed by atoms with Crippen LogP contribution in [0.15, 0.2) is 36.5 Å². The monoisotopic (exact) mass is 1370 g/mol. The normalized spacial score (nSPS) is 18.1. The average Bonchev–Trinajstić information content (AvgIpc) is 0.827. The van der Waals surface area contributed by atoms with Crippen molar-refractivity contribution in [3.63, 3.8) is 0 Å². The van der Waals surface area contributed by atoms with Crippen LogP contribution in [-0.4, -0.2) is 110 Å². The molecule has 0 aliphatic carbocycles. The van der Waals surface area contributed by atoms with Gasteiger partial charge in [0.2, 0.25) is 5.91 Å². The summed E-state index contributed by atoms with van der Waals surface area (Å²) in [5.74, 6) is -0.703. The van der Waals surface area contributed by atoms with Gasteiger partial charge in [-0.05, 0) is 77.0 Å². The lowest BCUT2D eigenvalue weighted by atomic mass is 9.98. The lowest BCUT2D eigenvalue weighted by Crippen LogP contribution is -2.60. The van der Waals surface area contributed by atoms with E-state index < -0.39 is 74.2 Å². The van der Waals surface area contributed by atoms with Crippen molar-refractivity contribution in [2.75, 3.05) is 13.2 Å². The molecule has 0 radical (unpaired) electrons.